The van der Waals surface area contributed by atoms with Gasteiger partial charge in [0.2, 0.25) is 11.8 Å². The first-order chi connectivity index (χ1) is 17.4. The summed E-state index contributed by atoms with van der Waals surface area (Å²) in [6.45, 7) is 7.20. The number of nitrogens with two attached hydrogens (primary N) is 1. The Labute approximate surface area is 226 Å². The van der Waals surface area contributed by atoms with Crippen LogP contribution in [0.5, 0.6) is 0 Å². The number of piperidine rings is 1. The molecular formula is C26H37ClF3N3O5. The van der Waals surface area contributed by atoms with Gasteiger partial charge < -0.3 is 25.8 Å². The van der Waals surface area contributed by atoms with E-state index in [2.05, 4.69) is 5.32 Å². The number of carbonyl (C=O) groups excluding carboxylic acids is 2. The van der Waals surface area contributed by atoms with Crippen molar-refractivity contribution in [2.45, 2.75) is 89.3 Å². The number of hydrogen-bond donors (Lipinski definition) is 3. The van der Waals surface area contributed by atoms with E-state index in [1.165, 1.54) is 4.90 Å². The second kappa shape index (κ2) is 12.7. The van der Waals surface area contributed by atoms with Crippen LogP contribution in [0.2, 0.25) is 5.02 Å². The van der Waals surface area contributed by atoms with E-state index in [0.717, 1.165) is 5.56 Å². The maximum absolute atomic E-state index is 13.3. The highest BCUT2D eigenvalue weighted by Crippen LogP contribution is 2.32. The second-order valence-electron chi connectivity index (χ2n) is 11.0. The minimum Gasteiger partial charge on any atom is -0.481 e. The summed E-state index contributed by atoms with van der Waals surface area (Å²) in [6, 6.07) is 5.83. The number of alkyl halides is 3. The van der Waals surface area contributed by atoms with E-state index < -0.39 is 66.0 Å². The molecule has 1 aliphatic rings. The van der Waals surface area contributed by atoms with Crippen LogP contribution in [0.15, 0.2) is 24.3 Å². The first kappa shape index (κ1) is 31.8. The van der Waals surface area contributed by atoms with E-state index in [9.17, 15) is 27.6 Å². The van der Waals surface area contributed by atoms with Crippen LogP contribution in [0.1, 0.15) is 58.9 Å². The molecule has 8 nitrogen and oxygen atoms in total. The number of benzene rings is 1. The Bertz CT molecular complexity index is 984. The Hall–Kier alpha value is -2.37. The molecule has 1 saturated heterocycles. The van der Waals surface area contributed by atoms with Crippen LogP contribution in [0, 0.1) is 5.92 Å². The lowest BCUT2D eigenvalue weighted by atomic mass is 9.82. The van der Waals surface area contributed by atoms with E-state index in [0.29, 0.717) is 17.9 Å². The third-order valence-electron chi connectivity index (χ3n) is 6.33. The number of hydrogen-bond acceptors (Lipinski definition) is 5. The minimum absolute atomic E-state index is 0.102. The summed E-state index contributed by atoms with van der Waals surface area (Å²) < 4.78 is 45.3. The number of amides is 2. The normalized spacial score (nSPS) is 20.9. The van der Waals surface area contributed by atoms with Crippen molar-refractivity contribution in [2.24, 2.45) is 11.7 Å². The number of likely N-dealkylation sites (tertiary alicyclic amines) is 1. The van der Waals surface area contributed by atoms with Gasteiger partial charge in [-0.2, -0.15) is 13.2 Å². The van der Waals surface area contributed by atoms with Gasteiger partial charge >= 0.3 is 12.1 Å². The maximum atomic E-state index is 13.3. The molecule has 1 aliphatic heterocycles. The van der Waals surface area contributed by atoms with Crippen LogP contribution >= 0.6 is 11.6 Å². The number of carbonyl (C=O) groups is 3. The lowest BCUT2D eigenvalue weighted by molar-refractivity contribution is -0.164. The van der Waals surface area contributed by atoms with Gasteiger partial charge in [0.05, 0.1) is 36.0 Å². The lowest BCUT2D eigenvalue weighted by Crippen LogP contribution is -2.64. The third kappa shape index (κ3) is 10.1. The number of carboxylic acid groups (broad SMARTS) is 1. The van der Waals surface area contributed by atoms with E-state index in [-0.39, 0.29) is 19.5 Å². The third-order valence-corrected chi connectivity index (χ3v) is 6.58. The molecular weight excluding hydrogens is 527 g/mol. The van der Waals surface area contributed by atoms with Gasteiger partial charge in [-0.25, -0.2) is 0 Å². The summed E-state index contributed by atoms with van der Waals surface area (Å²) in [6.07, 6.45) is -6.78. The smallest absolute Gasteiger partial charge is 0.389 e. The van der Waals surface area contributed by atoms with Crippen LogP contribution in [0.4, 0.5) is 13.2 Å². The van der Waals surface area contributed by atoms with Gasteiger partial charge in [0.1, 0.15) is 6.04 Å². The number of carboxylic acids is 1. The average molecular weight is 564 g/mol. The summed E-state index contributed by atoms with van der Waals surface area (Å²) in [4.78, 5) is 38.9. The van der Waals surface area contributed by atoms with Gasteiger partial charge in [-0.3, -0.25) is 14.4 Å². The number of rotatable bonds is 10. The summed E-state index contributed by atoms with van der Waals surface area (Å²) >= 11 is 6.00. The number of aliphatic carboxylic acids is 1. The van der Waals surface area contributed by atoms with Crippen molar-refractivity contribution in [1.29, 1.82) is 0 Å². The molecule has 4 N–H and O–H groups in total. The van der Waals surface area contributed by atoms with Crippen LogP contribution in [-0.4, -0.2) is 70.3 Å². The average Bonchev–Trinajstić information content (AvgIpc) is 2.76. The van der Waals surface area contributed by atoms with Gasteiger partial charge in [0, 0.05) is 18.1 Å². The Morgan fingerprint density at radius 2 is 1.82 bits per heavy atom. The number of nitrogens with one attached hydrogen (secondary N) is 1. The zero-order valence-corrected chi connectivity index (χ0v) is 22.9. The van der Waals surface area contributed by atoms with Crippen LogP contribution < -0.4 is 11.1 Å². The highest BCUT2D eigenvalue weighted by molar-refractivity contribution is 6.30. The van der Waals surface area contributed by atoms with Crippen molar-refractivity contribution < 1.29 is 37.4 Å². The first-order valence-corrected chi connectivity index (χ1v) is 12.8. The fourth-order valence-electron chi connectivity index (χ4n) is 4.79. The highest BCUT2D eigenvalue weighted by Gasteiger charge is 2.44. The maximum Gasteiger partial charge on any atom is 0.389 e. The molecule has 2 rings (SSSR count). The van der Waals surface area contributed by atoms with E-state index in [4.69, 9.17) is 27.2 Å². The molecule has 0 aliphatic carbocycles. The standard InChI is InChI=1S/C26H37ClF3N3O5/c1-16(38-24(2,3)4)21(31)22(36)32-25(13-17-6-8-19(27)9-7-17)10-5-11-33(15-25)23(37)18(12-20(34)35)14-26(28,29)30/h6-9,16,18,21H,5,10-15,31H2,1-4H3,(H,32,36)(H,34,35)/t16-,18?,21-,25+/m0/s1. The quantitative estimate of drug-likeness (QED) is 0.396. The number of halogens is 4. The van der Waals surface area contributed by atoms with Crippen molar-refractivity contribution in [3.63, 3.8) is 0 Å². The van der Waals surface area contributed by atoms with Crippen molar-refractivity contribution >= 4 is 29.4 Å². The highest BCUT2D eigenvalue weighted by atomic mass is 35.5. The predicted molar refractivity (Wildman–Crippen MR) is 137 cm³/mol. The zero-order chi connectivity index (χ0) is 28.9. The fourth-order valence-corrected chi connectivity index (χ4v) is 4.91. The van der Waals surface area contributed by atoms with Gasteiger partial charge in [0.25, 0.3) is 0 Å². The Morgan fingerprint density at radius 1 is 1.21 bits per heavy atom. The molecule has 1 unspecified atom stereocenters. The molecule has 1 fully saturated rings. The molecule has 0 bridgehead atoms. The van der Waals surface area contributed by atoms with Crippen LogP contribution in [-0.2, 0) is 25.5 Å². The molecule has 0 aromatic heterocycles. The van der Waals surface area contributed by atoms with E-state index >= 15 is 0 Å². The molecule has 0 saturated carbocycles. The second-order valence-corrected chi connectivity index (χ2v) is 11.4. The van der Waals surface area contributed by atoms with Crippen molar-refractivity contribution in [3.8, 4) is 0 Å². The van der Waals surface area contributed by atoms with Crippen molar-refractivity contribution in [1.82, 2.24) is 10.2 Å². The zero-order valence-electron chi connectivity index (χ0n) is 22.1. The molecule has 1 heterocycles. The number of ether oxygens (including phenoxy) is 1. The Kier molecular flexibility index (Phi) is 10.6. The van der Waals surface area contributed by atoms with Crippen molar-refractivity contribution in [3.05, 3.63) is 34.9 Å². The van der Waals surface area contributed by atoms with Gasteiger partial charge in [-0.05, 0) is 64.7 Å². The molecule has 12 heteroatoms. The Balaban J connectivity index is 2.34. The molecule has 0 spiro atoms. The van der Waals surface area contributed by atoms with Crippen LogP contribution in [0.25, 0.3) is 0 Å². The first-order valence-electron chi connectivity index (χ1n) is 12.5. The lowest BCUT2D eigenvalue weighted by Gasteiger charge is -2.45. The fraction of sp³-hybridized carbons (Fsp3) is 0.654. The van der Waals surface area contributed by atoms with Gasteiger partial charge in [-0.15, -0.1) is 0 Å². The van der Waals surface area contributed by atoms with Gasteiger partial charge in [-0.1, -0.05) is 23.7 Å². The SMILES string of the molecule is C[C@H](OC(C)(C)C)[C@H](N)C(=O)N[C@@]1(Cc2ccc(Cl)cc2)CCCN(C(=O)C(CC(=O)O)CC(F)(F)F)C1. The molecule has 1 aromatic rings. The Morgan fingerprint density at radius 3 is 2.34 bits per heavy atom. The largest absolute Gasteiger partial charge is 0.481 e. The minimum atomic E-state index is -4.71. The van der Waals surface area contributed by atoms with E-state index in [1.54, 1.807) is 31.2 Å². The summed E-state index contributed by atoms with van der Waals surface area (Å²) in [5.41, 5.74) is 5.38. The summed E-state index contributed by atoms with van der Waals surface area (Å²) in [7, 11) is 0. The van der Waals surface area contributed by atoms with Gasteiger partial charge in [0.15, 0.2) is 0 Å². The molecule has 4 atom stereocenters. The number of nitrogens with zero attached hydrogens (tertiary/aromatic N) is 1. The van der Waals surface area contributed by atoms with Crippen molar-refractivity contribution in [2.75, 3.05) is 13.1 Å². The van der Waals surface area contributed by atoms with Crippen LogP contribution in [0.3, 0.4) is 0 Å². The van der Waals surface area contributed by atoms with E-state index in [1.807, 2.05) is 20.8 Å². The predicted octanol–water partition coefficient (Wildman–Crippen LogP) is 3.93. The molecule has 2 amide bonds. The molecule has 1 aromatic carbocycles. The monoisotopic (exact) mass is 563 g/mol. The molecule has 38 heavy (non-hydrogen) atoms. The summed E-state index contributed by atoms with van der Waals surface area (Å²) in [5, 5.41) is 12.6. The molecule has 0 radical (unpaired) electrons. The summed E-state index contributed by atoms with van der Waals surface area (Å²) in [5.74, 6) is -4.70. The topological polar surface area (TPSA) is 122 Å². The molecule has 214 valence electrons.